The van der Waals surface area contributed by atoms with Gasteiger partial charge in [-0.25, -0.2) is 4.98 Å². The van der Waals surface area contributed by atoms with Gasteiger partial charge in [-0.15, -0.1) is 0 Å². The van der Waals surface area contributed by atoms with E-state index in [1.807, 2.05) is 18.7 Å². The third kappa shape index (κ3) is 3.43. The van der Waals surface area contributed by atoms with Gasteiger partial charge in [0.15, 0.2) is 0 Å². The highest BCUT2D eigenvalue weighted by Gasteiger charge is 2.24. The number of carbonyl (C=O) groups excluding carboxylic acids is 1. The number of hydrogen-bond acceptors (Lipinski definition) is 4. The molecule has 104 valence electrons. The standard InChI is InChI=1S/C14H22N4O/c1-3-16-13-9-15-8-12(17-13)14(19)18(4-2)10-11-6-5-7-11/h8-9,11H,3-7,10H2,1-2H3,(H,16,17). The van der Waals surface area contributed by atoms with Crippen molar-refractivity contribution in [3.63, 3.8) is 0 Å². The zero-order valence-electron chi connectivity index (χ0n) is 11.7. The lowest BCUT2D eigenvalue weighted by atomic mass is 9.85. The Kier molecular flexibility index (Phi) is 4.71. The van der Waals surface area contributed by atoms with Crippen molar-refractivity contribution in [1.82, 2.24) is 14.9 Å². The molecule has 5 nitrogen and oxygen atoms in total. The Balaban J connectivity index is 2.05. The summed E-state index contributed by atoms with van der Waals surface area (Å²) in [6, 6.07) is 0. The van der Waals surface area contributed by atoms with E-state index in [9.17, 15) is 4.79 Å². The predicted molar refractivity (Wildman–Crippen MR) is 75.1 cm³/mol. The molecule has 2 rings (SSSR count). The van der Waals surface area contributed by atoms with Gasteiger partial charge in [-0.1, -0.05) is 6.42 Å². The van der Waals surface area contributed by atoms with Gasteiger partial charge in [0.2, 0.25) is 0 Å². The van der Waals surface area contributed by atoms with Crippen molar-refractivity contribution in [3.05, 3.63) is 18.1 Å². The Morgan fingerprint density at radius 1 is 1.42 bits per heavy atom. The summed E-state index contributed by atoms with van der Waals surface area (Å²) in [5, 5.41) is 3.08. The number of amides is 1. The van der Waals surface area contributed by atoms with Gasteiger partial charge < -0.3 is 10.2 Å². The molecule has 0 saturated heterocycles. The minimum atomic E-state index is -0.0124. The molecule has 1 fully saturated rings. The Bertz CT molecular complexity index is 431. The normalized spacial score (nSPS) is 14.8. The van der Waals surface area contributed by atoms with Gasteiger partial charge in [-0.3, -0.25) is 9.78 Å². The summed E-state index contributed by atoms with van der Waals surface area (Å²) < 4.78 is 0. The number of nitrogens with zero attached hydrogens (tertiary/aromatic N) is 3. The summed E-state index contributed by atoms with van der Waals surface area (Å²) in [4.78, 5) is 22.7. The van der Waals surface area contributed by atoms with E-state index in [1.165, 1.54) is 19.3 Å². The number of nitrogens with one attached hydrogen (secondary N) is 1. The number of anilines is 1. The molecular formula is C14H22N4O. The summed E-state index contributed by atoms with van der Waals surface area (Å²) in [5.74, 6) is 1.32. The highest BCUT2D eigenvalue weighted by Crippen LogP contribution is 2.27. The minimum absolute atomic E-state index is 0.0124. The van der Waals surface area contributed by atoms with E-state index in [0.717, 1.165) is 19.6 Å². The molecule has 1 saturated carbocycles. The van der Waals surface area contributed by atoms with Gasteiger partial charge in [0.25, 0.3) is 5.91 Å². The van der Waals surface area contributed by atoms with Crippen molar-refractivity contribution in [3.8, 4) is 0 Å². The first-order valence-electron chi connectivity index (χ1n) is 7.09. The highest BCUT2D eigenvalue weighted by molar-refractivity contribution is 5.92. The van der Waals surface area contributed by atoms with Crippen LogP contribution in [0.25, 0.3) is 0 Å². The lowest BCUT2D eigenvalue weighted by Gasteiger charge is -2.31. The van der Waals surface area contributed by atoms with Gasteiger partial charge in [-0.05, 0) is 32.6 Å². The van der Waals surface area contributed by atoms with Crippen LogP contribution in [0.1, 0.15) is 43.6 Å². The largest absolute Gasteiger partial charge is 0.369 e. The van der Waals surface area contributed by atoms with E-state index in [0.29, 0.717) is 17.4 Å². The second-order valence-electron chi connectivity index (χ2n) is 4.96. The van der Waals surface area contributed by atoms with Gasteiger partial charge in [0.05, 0.1) is 12.4 Å². The first-order valence-corrected chi connectivity index (χ1v) is 7.09. The average Bonchev–Trinajstić information content (AvgIpc) is 2.38. The van der Waals surface area contributed by atoms with Crippen LogP contribution in [0.3, 0.4) is 0 Å². The molecule has 0 spiro atoms. The summed E-state index contributed by atoms with van der Waals surface area (Å²) >= 11 is 0. The molecule has 1 aromatic heterocycles. The molecule has 1 N–H and O–H groups in total. The molecule has 0 radical (unpaired) electrons. The highest BCUT2D eigenvalue weighted by atomic mass is 16.2. The number of aromatic nitrogens is 2. The summed E-state index contributed by atoms with van der Waals surface area (Å²) in [6.45, 7) is 6.35. The van der Waals surface area contributed by atoms with Crippen molar-refractivity contribution >= 4 is 11.7 Å². The first kappa shape index (κ1) is 13.8. The molecule has 0 unspecified atom stereocenters. The molecule has 0 aliphatic heterocycles. The van der Waals surface area contributed by atoms with Gasteiger partial charge in [0.1, 0.15) is 11.5 Å². The van der Waals surface area contributed by atoms with Gasteiger partial charge in [-0.2, -0.15) is 0 Å². The fourth-order valence-electron chi connectivity index (χ4n) is 2.24. The minimum Gasteiger partial charge on any atom is -0.369 e. The molecule has 1 aliphatic carbocycles. The zero-order chi connectivity index (χ0) is 13.7. The second kappa shape index (κ2) is 6.50. The van der Waals surface area contributed by atoms with Crippen molar-refractivity contribution < 1.29 is 4.79 Å². The van der Waals surface area contributed by atoms with Crippen molar-refractivity contribution in [2.24, 2.45) is 5.92 Å². The third-order valence-corrected chi connectivity index (χ3v) is 3.58. The Hall–Kier alpha value is -1.65. The molecule has 0 atom stereocenters. The monoisotopic (exact) mass is 262 g/mol. The fourth-order valence-corrected chi connectivity index (χ4v) is 2.24. The molecule has 19 heavy (non-hydrogen) atoms. The quantitative estimate of drug-likeness (QED) is 0.853. The van der Waals surface area contributed by atoms with Crippen molar-refractivity contribution in [2.45, 2.75) is 33.1 Å². The van der Waals surface area contributed by atoms with Crippen LogP contribution in [0, 0.1) is 5.92 Å². The lowest BCUT2D eigenvalue weighted by molar-refractivity contribution is 0.0700. The number of rotatable bonds is 6. The second-order valence-corrected chi connectivity index (χ2v) is 4.96. The SMILES string of the molecule is CCNc1cncc(C(=O)N(CC)CC2CCC2)n1. The molecule has 0 aromatic carbocycles. The van der Waals surface area contributed by atoms with Crippen LogP contribution in [0.4, 0.5) is 5.82 Å². The smallest absolute Gasteiger partial charge is 0.274 e. The predicted octanol–water partition coefficient (Wildman–Crippen LogP) is 2.17. The Morgan fingerprint density at radius 3 is 2.79 bits per heavy atom. The van der Waals surface area contributed by atoms with E-state index in [1.54, 1.807) is 12.4 Å². The maximum absolute atomic E-state index is 12.4. The van der Waals surface area contributed by atoms with Crippen LogP contribution >= 0.6 is 0 Å². The zero-order valence-corrected chi connectivity index (χ0v) is 11.7. The third-order valence-electron chi connectivity index (χ3n) is 3.58. The van der Waals surface area contributed by atoms with Crippen LogP contribution in [0.5, 0.6) is 0 Å². The summed E-state index contributed by atoms with van der Waals surface area (Å²) in [6.07, 6.45) is 6.97. The Labute approximate surface area is 114 Å². The lowest BCUT2D eigenvalue weighted by Crippen LogP contribution is -2.37. The van der Waals surface area contributed by atoms with Crippen LogP contribution in [0.2, 0.25) is 0 Å². The van der Waals surface area contributed by atoms with E-state index in [-0.39, 0.29) is 5.91 Å². The van der Waals surface area contributed by atoms with Crippen molar-refractivity contribution in [2.75, 3.05) is 25.0 Å². The van der Waals surface area contributed by atoms with Gasteiger partial charge in [0, 0.05) is 19.6 Å². The fraction of sp³-hybridized carbons (Fsp3) is 0.643. The number of carbonyl (C=O) groups is 1. The maximum atomic E-state index is 12.4. The molecule has 1 aromatic rings. The van der Waals surface area contributed by atoms with Crippen LogP contribution in [-0.2, 0) is 0 Å². The summed E-state index contributed by atoms with van der Waals surface area (Å²) in [7, 11) is 0. The molecule has 1 heterocycles. The van der Waals surface area contributed by atoms with Crippen LogP contribution in [-0.4, -0.2) is 40.4 Å². The molecular weight excluding hydrogens is 240 g/mol. The molecule has 1 aliphatic rings. The number of hydrogen-bond donors (Lipinski definition) is 1. The topological polar surface area (TPSA) is 58.1 Å². The van der Waals surface area contributed by atoms with Crippen molar-refractivity contribution in [1.29, 1.82) is 0 Å². The van der Waals surface area contributed by atoms with E-state index in [2.05, 4.69) is 15.3 Å². The van der Waals surface area contributed by atoms with E-state index >= 15 is 0 Å². The maximum Gasteiger partial charge on any atom is 0.274 e. The average molecular weight is 262 g/mol. The molecule has 1 amide bonds. The molecule has 5 heteroatoms. The molecule has 0 bridgehead atoms. The first-order chi connectivity index (χ1) is 9.24. The van der Waals surface area contributed by atoms with E-state index < -0.39 is 0 Å². The van der Waals surface area contributed by atoms with Crippen LogP contribution < -0.4 is 5.32 Å². The van der Waals surface area contributed by atoms with E-state index in [4.69, 9.17) is 0 Å². The van der Waals surface area contributed by atoms with Crippen LogP contribution in [0.15, 0.2) is 12.4 Å². The Morgan fingerprint density at radius 2 is 2.21 bits per heavy atom. The summed E-state index contributed by atoms with van der Waals surface area (Å²) in [5.41, 5.74) is 0.430. The van der Waals surface area contributed by atoms with Gasteiger partial charge >= 0.3 is 0 Å².